The molecule has 1 atom stereocenters. The number of halogens is 2. The van der Waals surface area contributed by atoms with Gasteiger partial charge in [0, 0.05) is 13.1 Å². The van der Waals surface area contributed by atoms with E-state index in [1.54, 1.807) is 4.68 Å². The Bertz CT molecular complexity index is 558. The molecule has 2 aromatic rings. The Morgan fingerprint density at radius 3 is 2.37 bits per heavy atom. The smallest absolute Gasteiger partial charge is 0.126 e. The Kier molecular flexibility index (Phi) is 3.95. The van der Waals surface area contributed by atoms with Gasteiger partial charge in [0.15, 0.2) is 0 Å². The van der Waals surface area contributed by atoms with E-state index in [1.807, 2.05) is 20.0 Å². The molecule has 2 rings (SSSR count). The molecule has 0 radical (unpaired) electrons. The first-order chi connectivity index (χ1) is 8.99. The molecule has 0 saturated heterocycles. The summed E-state index contributed by atoms with van der Waals surface area (Å²) < 4.78 is 28.0. The molecule has 0 fully saturated rings. The van der Waals surface area contributed by atoms with E-state index in [0.29, 0.717) is 12.0 Å². The Morgan fingerprint density at radius 2 is 1.84 bits per heavy atom. The maximum atomic E-state index is 13.1. The number of rotatable bonds is 4. The third-order valence-electron chi connectivity index (χ3n) is 3.09. The maximum absolute atomic E-state index is 13.1. The summed E-state index contributed by atoms with van der Waals surface area (Å²) in [6.07, 6.45) is 1.20. The lowest BCUT2D eigenvalue weighted by atomic mass is 10.0. The molecule has 0 saturated carbocycles. The van der Waals surface area contributed by atoms with E-state index in [1.165, 1.54) is 12.1 Å². The van der Waals surface area contributed by atoms with E-state index in [4.69, 9.17) is 5.73 Å². The number of aromatic nitrogens is 2. The van der Waals surface area contributed by atoms with Crippen molar-refractivity contribution in [2.45, 2.75) is 25.8 Å². The van der Waals surface area contributed by atoms with Crippen LogP contribution in [-0.4, -0.2) is 9.78 Å². The van der Waals surface area contributed by atoms with Gasteiger partial charge in [0.05, 0.1) is 17.4 Å². The van der Waals surface area contributed by atoms with Gasteiger partial charge in [-0.2, -0.15) is 5.10 Å². The summed E-state index contributed by atoms with van der Waals surface area (Å²) in [7, 11) is 1.82. The van der Waals surface area contributed by atoms with E-state index >= 15 is 0 Å². The average molecular weight is 265 g/mol. The Morgan fingerprint density at radius 1 is 1.21 bits per heavy atom. The Hall–Kier alpha value is -1.75. The molecule has 1 unspecified atom stereocenters. The van der Waals surface area contributed by atoms with E-state index in [0.717, 1.165) is 23.9 Å². The van der Waals surface area contributed by atoms with Crippen LogP contribution in [0.5, 0.6) is 0 Å². The molecule has 1 aromatic heterocycles. The van der Waals surface area contributed by atoms with Gasteiger partial charge in [0.1, 0.15) is 11.6 Å². The van der Waals surface area contributed by atoms with Crippen LogP contribution in [0.4, 0.5) is 8.78 Å². The fraction of sp³-hybridized carbons (Fsp3) is 0.357. The minimum absolute atomic E-state index is 0.334. The molecule has 0 bridgehead atoms. The van der Waals surface area contributed by atoms with Crippen molar-refractivity contribution in [3.63, 3.8) is 0 Å². The van der Waals surface area contributed by atoms with Gasteiger partial charge in [-0.25, -0.2) is 8.78 Å². The number of nitrogens with zero attached hydrogens (tertiary/aromatic N) is 2. The van der Waals surface area contributed by atoms with E-state index < -0.39 is 11.6 Å². The summed E-state index contributed by atoms with van der Waals surface area (Å²) in [4.78, 5) is 0. The van der Waals surface area contributed by atoms with Gasteiger partial charge < -0.3 is 5.73 Å². The molecule has 1 heterocycles. The molecule has 3 nitrogen and oxygen atoms in total. The highest BCUT2D eigenvalue weighted by Gasteiger charge is 2.14. The van der Waals surface area contributed by atoms with Gasteiger partial charge in [-0.15, -0.1) is 0 Å². The minimum Gasteiger partial charge on any atom is -0.322 e. The van der Waals surface area contributed by atoms with Gasteiger partial charge in [0.25, 0.3) is 0 Å². The summed E-state index contributed by atoms with van der Waals surface area (Å²) in [5.41, 5.74) is 8.46. The molecule has 0 aliphatic rings. The molecule has 0 spiro atoms. The second-order valence-electron chi connectivity index (χ2n) is 4.63. The monoisotopic (exact) mass is 265 g/mol. The average Bonchev–Trinajstić information content (AvgIpc) is 2.69. The number of hydrogen-bond donors (Lipinski definition) is 1. The molecule has 5 heteroatoms. The van der Waals surface area contributed by atoms with Crippen LogP contribution in [0, 0.1) is 11.6 Å². The number of nitrogens with two attached hydrogens (primary N) is 1. The molecule has 1 aromatic carbocycles. The SMILES string of the molecule is CCc1cc(C(N)Cc2cc(F)cc(F)c2)n(C)n1. The predicted octanol–water partition coefficient (Wildman–Crippen LogP) is 2.50. The lowest BCUT2D eigenvalue weighted by molar-refractivity contribution is 0.571. The lowest BCUT2D eigenvalue weighted by Gasteiger charge is -2.12. The van der Waals surface area contributed by atoms with Crippen LogP contribution in [-0.2, 0) is 19.9 Å². The van der Waals surface area contributed by atoms with Crippen LogP contribution < -0.4 is 5.73 Å². The van der Waals surface area contributed by atoms with Crippen LogP contribution in [0.3, 0.4) is 0 Å². The summed E-state index contributed by atoms with van der Waals surface area (Å²) in [6, 6.07) is 5.06. The molecular weight excluding hydrogens is 248 g/mol. The van der Waals surface area contributed by atoms with Crippen LogP contribution in [0.25, 0.3) is 0 Å². The summed E-state index contributed by atoms with van der Waals surface area (Å²) in [5, 5.41) is 4.32. The predicted molar refractivity (Wildman–Crippen MR) is 69.6 cm³/mol. The van der Waals surface area contributed by atoms with Crippen molar-refractivity contribution < 1.29 is 8.78 Å². The summed E-state index contributed by atoms with van der Waals surface area (Å²) in [5.74, 6) is -1.16. The van der Waals surface area contributed by atoms with E-state index in [9.17, 15) is 8.78 Å². The topological polar surface area (TPSA) is 43.8 Å². The van der Waals surface area contributed by atoms with Gasteiger partial charge in [-0.05, 0) is 36.6 Å². The first-order valence-corrected chi connectivity index (χ1v) is 6.23. The molecule has 0 aliphatic carbocycles. The zero-order chi connectivity index (χ0) is 14.0. The second kappa shape index (κ2) is 5.48. The zero-order valence-corrected chi connectivity index (χ0v) is 11.0. The van der Waals surface area contributed by atoms with Gasteiger partial charge in [-0.1, -0.05) is 6.92 Å². The van der Waals surface area contributed by atoms with Gasteiger partial charge in [0.2, 0.25) is 0 Å². The van der Waals surface area contributed by atoms with Crippen molar-refractivity contribution in [2.75, 3.05) is 0 Å². The first kappa shape index (κ1) is 13.7. The van der Waals surface area contributed by atoms with Crippen molar-refractivity contribution >= 4 is 0 Å². The van der Waals surface area contributed by atoms with Gasteiger partial charge in [-0.3, -0.25) is 4.68 Å². The van der Waals surface area contributed by atoms with Crippen molar-refractivity contribution in [1.29, 1.82) is 0 Å². The fourth-order valence-electron chi connectivity index (χ4n) is 2.15. The minimum atomic E-state index is -0.582. The highest BCUT2D eigenvalue weighted by atomic mass is 19.1. The molecule has 0 amide bonds. The first-order valence-electron chi connectivity index (χ1n) is 6.23. The zero-order valence-electron chi connectivity index (χ0n) is 11.0. The number of aryl methyl sites for hydroxylation is 2. The Balaban J connectivity index is 2.20. The normalized spacial score (nSPS) is 12.7. The quantitative estimate of drug-likeness (QED) is 0.923. The van der Waals surface area contributed by atoms with Crippen molar-refractivity contribution in [3.05, 3.63) is 52.9 Å². The number of hydrogen-bond acceptors (Lipinski definition) is 2. The van der Waals surface area contributed by atoms with E-state index in [-0.39, 0.29) is 6.04 Å². The molecule has 0 aliphatic heterocycles. The van der Waals surface area contributed by atoms with Crippen molar-refractivity contribution in [3.8, 4) is 0 Å². The molecule has 19 heavy (non-hydrogen) atoms. The standard InChI is InChI=1S/C14H17F2N3/c1-3-12-8-14(19(2)18-12)13(17)6-9-4-10(15)7-11(16)5-9/h4-5,7-8,13H,3,6,17H2,1-2H3. The highest BCUT2D eigenvalue weighted by molar-refractivity contribution is 5.22. The Labute approximate surface area is 111 Å². The fourth-order valence-corrected chi connectivity index (χ4v) is 2.15. The van der Waals surface area contributed by atoms with Crippen LogP contribution in [0.15, 0.2) is 24.3 Å². The largest absolute Gasteiger partial charge is 0.322 e. The maximum Gasteiger partial charge on any atom is 0.126 e. The van der Waals surface area contributed by atoms with Crippen molar-refractivity contribution in [2.24, 2.45) is 12.8 Å². The second-order valence-corrected chi connectivity index (χ2v) is 4.63. The summed E-state index contributed by atoms with van der Waals surface area (Å²) in [6.45, 7) is 2.01. The van der Waals surface area contributed by atoms with Gasteiger partial charge >= 0.3 is 0 Å². The summed E-state index contributed by atoms with van der Waals surface area (Å²) >= 11 is 0. The number of benzene rings is 1. The third-order valence-corrected chi connectivity index (χ3v) is 3.09. The van der Waals surface area contributed by atoms with Crippen LogP contribution >= 0.6 is 0 Å². The van der Waals surface area contributed by atoms with Crippen LogP contribution in [0.2, 0.25) is 0 Å². The molecule has 2 N–H and O–H groups in total. The third kappa shape index (κ3) is 3.17. The van der Waals surface area contributed by atoms with Crippen LogP contribution in [0.1, 0.15) is 29.9 Å². The molecular formula is C14H17F2N3. The molecule has 102 valence electrons. The van der Waals surface area contributed by atoms with Crippen molar-refractivity contribution in [1.82, 2.24) is 9.78 Å². The van der Waals surface area contributed by atoms with E-state index in [2.05, 4.69) is 5.10 Å². The highest BCUT2D eigenvalue weighted by Crippen LogP contribution is 2.18. The lowest BCUT2D eigenvalue weighted by Crippen LogP contribution is -2.17.